The van der Waals surface area contributed by atoms with Crippen molar-refractivity contribution >= 4 is 5.71 Å². The number of rotatable bonds is 3. The quantitative estimate of drug-likeness (QED) is 0.826. The highest BCUT2D eigenvalue weighted by Gasteiger charge is 2.31. The Balaban J connectivity index is 0.000000396. The molecule has 122 valence electrons. The summed E-state index contributed by atoms with van der Waals surface area (Å²) in [6, 6.07) is 7.35. The molecule has 3 nitrogen and oxygen atoms in total. The number of hydrogen-bond acceptors (Lipinski definition) is 3. The SMILES string of the molecule is CCCC.Oc1ccccc1C1=NOC(C2CCCCC2)C1. The summed E-state index contributed by atoms with van der Waals surface area (Å²) in [5, 5.41) is 14.0. The molecule has 1 fully saturated rings. The van der Waals surface area contributed by atoms with E-state index in [0.29, 0.717) is 11.7 Å². The Morgan fingerprint density at radius 3 is 2.41 bits per heavy atom. The molecule has 22 heavy (non-hydrogen) atoms. The Kier molecular flexibility index (Phi) is 6.75. The lowest BCUT2D eigenvalue weighted by Gasteiger charge is -2.25. The summed E-state index contributed by atoms with van der Waals surface area (Å²) >= 11 is 0. The van der Waals surface area contributed by atoms with Crippen molar-refractivity contribution < 1.29 is 9.94 Å². The first-order chi connectivity index (χ1) is 10.8. The van der Waals surface area contributed by atoms with Crippen molar-refractivity contribution in [2.24, 2.45) is 11.1 Å². The molecule has 1 unspecified atom stereocenters. The molecular formula is C19H29NO2. The number of benzene rings is 1. The molecule has 1 N–H and O–H groups in total. The van der Waals surface area contributed by atoms with Gasteiger partial charge in [-0.3, -0.25) is 0 Å². The third-order valence-electron chi connectivity index (χ3n) is 4.58. The van der Waals surface area contributed by atoms with Crippen LogP contribution in [-0.2, 0) is 4.84 Å². The topological polar surface area (TPSA) is 41.8 Å². The molecule has 0 saturated heterocycles. The van der Waals surface area contributed by atoms with E-state index in [-0.39, 0.29) is 6.10 Å². The van der Waals surface area contributed by atoms with Gasteiger partial charge in [-0.2, -0.15) is 0 Å². The third kappa shape index (κ3) is 4.49. The zero-order valence-electron chi connectivity index (χ0n) is 13.9. The van der Waals surface area contributed by atoms with Crippen LogP contribution < -0.4 is 0 Å². The summed E-state index contributed by atoms with van der Waals surface area (Å²) in [4.78, 5) is 5.59. The lowest BCUT2D eigenvalue weighted by atomic mass is 9.83. The van der Waals surface area contributed by atoms with Crippen LogP contribution >= 0.6 is 0 Å². The minimum atomic E-state index is 0.222. The normalized spacial score (nSPS) is 21.5. The van der Waals surface area contributed by atoms with Crippen molar-refractivity contribution in [3.63, 3.8) is 0 Å². The van der Waals surface area contributed by atoms with Crippen LogP contribution in [0, 0.1) is 5.92 Å². The van der Waals surface area contributed by atoms with E-state index < -0.39 is 0 Å². The molecule has 0 bridgehead atoms. The maximum Gasteiger partial charge on any atom is 0.136 e. The molecule has 1 aromatic carbocycles. The largest absolute Gasteiger partial charge is 0.507 e. The van der Waals surface area contributed by atoms with Crippen molar-refractivity contribution in [2.45, 2.75) is 71.3 Å². The van der Waals surface area contributed by atoms with E-state index in [0.717, 1.165) is 17.7 Å². The Morgan fingerprint density at radius 2 is 1.77 bits per heavy atom. The zero-order chi connectivity index (χ0) is 15.8. The number of oxime groups is 1. The molecule has 2 aliphatic rings. The van der Waals surface area contributed by atoms with Gasteiger partial charge < -0.3 is 9.94 Å². The smallest absolute Gasteiger partial charge is 0.136 e. The number of unbranched alkanes of at least 4 members (excludes halogenated alkanes) is 1. The van der Waals surface area contributed by atoms with Crippen LogP contribution in [-0.4, -0.2) is 16.9 Å². The molecule has 0 spiro atoms. The van der Waals surface area contributed by atoms with Crippen LogP contribution in [0.1, 0.15) is 70.8 Å². The Labute approximate surface area is 134 Å². The van der Waals surface area contributed by atoms with Crippen molar-refractivity contribution in [2.75, 3.05) is 0 Å². The van der Waals surface area contributed by atoms with Gasteiger partial charge in [0.15, 0.2) is 0 Å². The molecule has 1 aromatic rings. The number of hydrogen-bond donors (Lipinski definition) is 1. The first-order valence-corrected chi connectivity index (χ1v) is 8.77. The molecule has 3 rings (SSSR count). The third-order valence-corrected chi connectivity index (χ3v) is 4.58. The van der Waals surface area contributed by atoms with E-state index in [9.17, 15) is 5.11 Å². The van der Waals surface area contributed by atoms with E-state index in [1.54, 1.807) is 6.07 Å². The molecule has 0 amide bonds. The second kappa shape index (κ2) is 8.82. The first kappa shape index (κ1) is 16.9. The number of nitrogens with zero attached hydrogens (tertiary/aromatic N) is 1. The second-order valence-electron chi connectivity index (χ2n) is 6.30. The number of phenols is 1. The zero-order valence-corrected chi connectivity index (χ0v) is 13.9. The predicted octanol–water partition coefficient (Wildman–Crippen LogP) is 5.27. The number of phenolic OH excluding ortho intramolecular Hbond substituents is 1. The average Bonchev–Trinajstić information content (AvgIpc) is 3.06. The van der Waals surface area contributed by atoms with Crippen LogP contribution in [0.3, 0.4) is 0 Å². The lowest BCUT2D eigenvalue weighted by Crippen LogP contribution is -2.23. The van der Waals surface area contributed by atoms with Crippen LogP contribution in [0.2, 0.25) is 0 Å². The molecule has 0 radical (unpaired) electrons. The van der Waals surface area contributed by atoms with Crippen molar-refractivity contribution in [3.05, 3.63) is 29.8 Å². The molecule has 0 aromatic heterocycles. The van der Waals surface area contributed by atoms with Crippen LogP contribution in [0.4, 0.5) is 0 Å². The van der Waals surface area contributed by atoms with Gasteiger partial charge in [-0.05, 0) is 30.9 Å². The molecule has 1 aliphatic heterocycles. The second-order valence-corrected chi connectivity index (χ2v) is 6.30. The van der Waals surface area contributed by atoms with Crippen LogP contribution in [0.15, 0.2) is 29.4 Å². The Morgan fingerprint density at radius 1 is 1.09 bits per heavy atom. The molecule has 1 saturated carbocycles. The predicted molar refractivity (Wildman–Crippen MR) is 91.3 cm³/mol. The number of para-hydroxylation sites is 1. The van der Waals surface area contributed by atoms with Crippen LogP contribution in [0.5, 0.6) is 5.75 Å². The van der Waals surface area contributed by atoms with Gasteiger partial charge in [0.25, 0.3) is 0 Å². The summed E-state index contributed by atoms with van der Waals surface area (Å²) in [7, 11) is 0. The van der Waals surface area contributed by atoms with Gasteiger partial charge in [0.05, 0.1) is 5.71 Å². The summed E-state index contributed by atoms with van der Waals surface area (Å²) < 4.78 is 0. The molecular weight excluding hydrogens is 274 g/mol. The fraction of sp³-hybridized carbons (Fsp3) is 0.632. The first-order valence-electron chi connectivity index (χ1n) is 8.77. The highest BCUT2D eigenvalue weighted by Crippen LogP contribution is 2.33. The lowest BCUT2D eigenvalue weighted by molar-refractivity contribution is 0.0268. The standard InChI is InChI=1S/C15H19NO2.C4H10/c17-14-9-5-4-8-12(14)13-10-15(18-16-13)11-6-2-1-3-7-11;1-3-4-2/h4-5,8-9,11,15,17H,1-3,6-7,10H2;3-4H2,1-2H3. The fourth-order valence-corrected chi connectivity index (χ4v) is 3.03. The highest BCUT2D eigenvalue weighted by molar-refractivity contribution is 6.03. The van der Waals surface area contributed by atoms with Gasteiger partial charge in [0, 0.05) is 12.0 Å². The van der Waals surface area contributed by atoms with Gasteiger partial charge in [-0.1, -0.05) is 63.2 Å². The Hall–Kier alpha value is -1.51. The summed E-state index contributed by atoms with van der Waals surface area (Å²) in [5.74, 6) is 0.940. The van der Waals surface area contributed by atoms with E-state index in [1.165, 1.54) is 44.9 Å². The average molecular weight is 303 g/mol. The van der Waals surface area contributed by atoms with Crippen molar-refractivity contribution in [1.29, 1.82) is 0 Å². The van der Waals surface area contributed by atoms with Crippen molar-refractivity contribution in [3.8, 4) is 5.75 Å². The van der Waals surface area contributed by atoms with Crippen LogP contribution in [0.25, 0.3) is 0 Å². The maximum atomic E-state index is 9.83. The molecule has 3 heteroatoms. The van der Waals surface area contributed by atoms with E-state index in [2.05, 4.69) is 19.0 Å². The highest BCUT2D eigenvalue weighted by atomic mass is 16.6. The summed E-state index contributed by atoms with van der Waals surface area (Å²) in [6.45, 7) is 4.36. The maximum absolute atomic E-state index is 9.83. The van der Waals surface area contributed by atoms with E-state index in [1.807, 2.05) is 18.2 Å². The minimum Gasteiger partial charge on any atom is -0.507 e. The van der Waals surface area contributed by atoms with E-state index in [4.69, 9.17) is 4.84 Å². The molecule has 1 aliphatic carbocycles. The van der Waals surface area contributed by atoms with Gasteiger partial charge in [0.2, 0.25) is 0 Å². The number of aromatic hydroxyl groups is 1. The molecule has 1 heterocycles. The van der Waals surface area contributed by atoms with Gasteiger partial charge in [-0.15, -0.1) is 0 Å². The van der Waals surface area contributed by atoms with Gasteiger partial charge >= 0.3 is 0 Å². The van der Waals surface area contributed by atoms with Crippen molar-refractivity contribution in [1.82, 2.24) is 0 Å². The summed E-state index contributed by atoms with van der Waals surface area (Å²) in [6.07, 6.45) is 10.2. The van der Waals surface area contributed by atoms with E-state index >= 15 is 0 Å². The monoisotopic (exact) mass is 303 g/mol. The Bertz CT molecular complexity index is 476. The molecule has 1 atom stereocenters. The van der Waals surface area contributed by atoms with Gasteiger partial charge in [0.1, 0.15) is 11.9 Å². The van der Waals surface area contributed by atoms with Gasteiger partial charge in [-0.25, -0.2) is 0 Å². The summed E-state index contributed by atoms with van der Waals surface area (Å²) in [5.41, 5.74) is 1.71. The fourth-order valence-electron chi connectivity index (χ4n) is 3.03. The minimum absolute atomic E-state index is 0.222.